The molecule has 6 nitrogen and oxygen atoms in total. The maximum absolute atomic E-state index is 6.16. The van der Waals surface area contributed by atoms with Crippen molar-refractivity contribution >= 4 is 39.8 Å². The van der Waals surface area contributed by atoms with Crippen LogP contribution in [0.3, 0.4) is 0 Å². The van der Waals surface area contributed by atoms with Gasteiger partial charge in [0.2, 0.25) is 0 Å². The lowest BCUT2D eigenvalue weighted by atomic mass is 10.2. The van der Waals surface area contributed by atoms with E-state index in [1.165, 1.54) is 0 Å². The largest absolute Gasteiger partial charge is 0.327 e. The van der Waals surface area contributed by atoms with E-state index in [1.54, 1.807) is 6.33 Å². The first-order chi connectivity index (χ1) is 11.1. The second kappa shape index (κ2) is 5.17. The lowest BCUT2D eigenvalue weighted by Crippen LogP contribution is -2.13. The summed E-state index contributed by atoms with van der Waals surface area (Å²) in [6.07, 6.45) is 5.27. The summed E-state index contributed by atoms with van der Waals surface area (Å²) in [5.41, 5.74) is 2.96. The Morgan fingerprint density at radius 2 is 2.04 bits per heavy atom. The van der Waals surface area contributed by atoms with Crippen LogP contribution < -0.4 is 4.90 Å². The van der Waals surface area contributed by atoms with E-state index < -0.39 is 0 Å². The molecule has 0 aliphatic heterocycles. The lowest BCUT2D eigenvalue weighted by Gasteiger charge is -2.20. The van der Waals surface area contributed by atoms with E-state index in [0.717, 1.165) is 28.0 Å². The molecule has 4 aromatic rings. The molecule has 0 unspecified atom stereocenters. The van der Waals surface area contributed by atoms with Crippen molar-refractivity contribution in [1.82, 2.24) is 24.6 Å². The third kappa shape index (κ3) is 2.27. The van der Waals surface area contributed by atoms with E-state index in [0.29, 0.717) is 10.8 Å². The molecule has 0 saturated heterocycles. The number of halogens is 1. The van der Waals surface area contributed by atoms with Crippen molar-refractivity contribution in [1.29, 1.82) is 0 Å². The van der Waals surface area contributed by atoms with Gasteiger partial charge in [-0.2, -0.15) is 4.98 Å². The third-order valence-electron chi connectivity index (χ3n) is 3.76. The molecule has 0 aliphatic carbocycles. The zero-order valence-electron chi connectivity index (χ0n) is 12.6. The molecule has 1 aromatic carbocycles. The van der Waals surface area contributed by atoms with E-state index in [2.05, 4.69) is 26.2 Å². The van der Waals surface area contributed by atoms with Crippen molar-refractivity contribution in [3.8, 4) is 0 Å². The fraction of sp³-hybridized carbons (Fsp3) is 0.125. The van der Waals surface area contributed by atoms with E-state index >= 15 is 0 Å². The normalized spacial score (nSPS) is 11.3. The Kier molecular flexibility index (Phi) is 3.12. The van der Waals surface area contributed by atoms with Crippen molar-refractivity contribution in [3.05, 3.63) is 53.6 Å². The Labute approximate surface area is 137 Å². The van der Waals surface area contributed by atoms with Crippen LogP contribution in [-0.2, 0) is 0 Å². The van der Waals surface area contributed by atoms with Gasteiger partial charge in [-0.1, -0.05) is 11.6 Å². The summed E-state index contributed by atoms with van der Waals surface area (Å²) in [4.78, 5) is 10.9. The molecule has 0 aliphatic rings. The molecular formula is C16H13ClN6. The number of hydrogen-bond acceptors (Lipinski definition) is 5. The number of benzene rings is 1. The first kappa shape index (κ1) is 13.9. The predicted octanol–water partition coefficient (Wildman–Crippen LogP) is 3.40. The number of nitrogens with zero attached hydrogens (tertiary/aromatic N) is 6. The van der Waals surface area contributed by atoms with Crippen molar-refractivity contribution in [2.45, 2.75) is 6.92 Å². The van der Waals surface area contributed by atoms with E-state index in [-0.39, 0.29) is 0 Å². The van der Waals surface area contributed by atoms with Gasteiger partial charge in [-0.15, -0.1) is 10.2 Å². The highest BCUT2D eigenvalue weighted by Crippen LogP contribution is 2.31. The molecule has 0 spiro atoms. The number of rotatable bonds is 2. The second-order valence-electron chi connectivity index (χ2n) is 5.38. The SMILES string of the molecule is Cc1cncc(N(C)c2nc3nncn3c3cc(Cl)ccc23)c1. The van der Waals surface area contributed by atoms with Crippen molar-refractivity contribution < 1.29 is 0 Å². The molecule has 4 rings (SSSR count). The molecule has 3 heterocycles. The van der Waals surface area contributed by atoms with Gasteiger partial charge in [0.05, 0.1) is 17.4 Å². The van der Waals surface area contributed by atoms with Crippen LogP contribution in [0, 0.1) is 6.92 Å². The number of anilines is 2. The lowest BCUT2D eigenvalue weighted by molar-refractivity contribution is 1.07. The molecular weight excluding hydrogens is 312 g/mol. The minimum Gasteiger partial charge on any atom is -0.327 e. The molecule has 23 heavy (non-hydrogen) atoms. The average molecular weight is 325 g/mol. The first-order valence-electron chi connectivity index (χ1n) is 7.08. The maximum Gasteiger partial charge on any atom is 0.257 e. The fourth-order valence-electron chi connectivity index (χ4n) is 2.62. The summed E-state index contributed by atoms with van der Waals surface area (Å²) >= 11 is 6.16. The van der Waals surface area contributed by atoms with Gasteiger partial charge in [0.25, 0.3) is 5.78 Å². The quantitative estimate of drug-likeness (QED) is 0.565. The predicted molar refractivity (Wildman–Crippen MR) is 90.3 cm³/mol. The molecule has 0 atom stereocenters. The molecule has 0 saturated carbocycles. The Morgan fingerprint density at radius 3 is 2.87 bits per heavy atom. The summed E-state index contributed by atoms with van der Waals surface area (Å²) in [6, 6.07) is 7.76. The molecule has 0 amide bonds. The number of hydrogen-bond donors (Lipinski definition) is 0. The summed E-state index contributed by atoms with van der Waals surface area (Å²) in [5.74, 6) is 1.31. The topological polar surface area (TPSA) is 59.2 Å². The smallest absolute Gasteiger partial charge is 0.257 e. The zero-order valence-corrected chi connectivity index (χ0v) is 13.4. The molecule has 0 fully saturated rings. The van der Waals surface area contributed by atoms with Gasteiger partial charge in [-0.05, 0) is 36.8 Å². The summed E-state index contributed by atoms with van der Waals surface area (Å²) < 4.78 is 1.83. The van der Waals surface area contributed by atoms with Gasteiger partial charge >= 0.3 is 0 Å². The van der Waals surface area contributed by atoms with Crippen LogP contribution in [0.15, 0.2) is 43.0 Å². The second-order valence-corrected chi connectivity index (χ2v) is 5.81. The van der Waals surface area contributed by atoms with E-state index in [4.69, 9.17) is 11.6 Å². The Morgan fingerprint density at radius 1 is 1.17 bits per heavy atom. The Bertz CT molecular complexity index is 1030. The number of pyridine rings is 1. The van der Waals surface area contributed by atoms with Crippen molar-refractivity contribution in [2.75, 3.05) is 11.9 Å². The molecule has 114 valence electrons. The summed E-state index contributed by atoms with van der Waals surface area (Å²) in [6.45, 7) is 2.01. The van der Waals surface area contributed by atoms with Gasteiger partial charge in [0.1, 0.15) is 12.1 Å². The summed E-state index contributed by atoms with van der Waals surface area (Å²) in [5, 5.41) is 9.63. The van der Waals surface area contributed by atoms with Gasteiger partial charge in [0, 0.05) is 23.7 Å². The molecule has 0 radical (unpaired) electrons. The van der Waals surface area contributed by atoms with Gasteiger partial charge in [-0.3, -0.25) is 9.38 Å². The van der Waals surface area contributed by atoms with Gasteiger partial charge in [0.15, 0.2) is 0 Å². The molecule has 7 heteroatoms. The van der Waals surface area contributed by atoms with Crippen LogP contribution in [0.25, 0.3) is 16.7 Å². The fourth-order valence-corrected chi connectivity index (χ4v) is 2.79. The molecule has 3 aromatic heterocycles. The minimum absolute atomic E-state index is 0.530. The molecule has 0 bridgehead atoms. The van der Waals surface area contributed by atoms with E-state index in [1.807, 2.05) is 53.9 Å². The maximum atomic E-state index is 6.16. The third-order valence-corrected chi connectivity index (χ3v) is 4.00. The van der Waals surface area contributed by atoms with Crippen LogP contribution >= 0.6 is 11.6 Å². The first-order valence-corrected chi connectivity index (χ1v) is 7.45. The van der Waals surface area contributed by atoms with Crippen molar-refractivity contribution in [3.63, 3.8) is 0 Å². The Balaban J connectivity index is 2.01. The summed E-state index contributed by atoms with van der Waals surface area (Å²) in [7, 11) is 1.96. The van der Waals surface area contributed by atoms with Crippen LogP contribution in [0.2, 0.25) is 5.02 Å². The van der Waals surface area contributed by atoms with Gasteiger partial charge in [-0.25, -0.2) is 0 Å². The monoisotopic (exact) mass is 324 g/mol. The highest BCUT2D eigenvalue weighted by Gasteiger charge is 2.15. The van der Waals surface area contributed by atoms with Crippen LogP contribution in [0.4, 0.5) is 11.5 Å². The minimum atomic E-state index is 0.530. The van der Waals surface area contributed by atoms with Crippen LogP contribution in [0.1, 0.15) is 5.56 Å². The van der Waals surface area contributed by atoms with Crippen LogP contribution in [-0.4, -0.2) is 31.6 Å². The average Bonchev–Trinajstić information content (AvgIpc) is 3.02. The number of aromatic nitrogens is 5. The number of aryl methyl sites for hydroxylation is 1. The van der Waals surface area contributed by atoms with Crippen LogP contribution in [0.5, 0.6) is 0 Å². The molecule has 0 N–H and O–H groups in total. The van der Waals surface area contributed by atoms with E-state index in [9.17, 15) is 0 Å². The Hall–Kier alpha value is -2.73. The standard InChI is InChI=1S/C16H13ClN6/c1-10-5-12(8-18-7-10)22(2)15-13-4-3-11(17)6-14(13)23-9-19-21-16(23)20-15/h3-9H,1-2H3. The number of fused-ring (bicyclic) bond motifs is 3. The van der Waals surface area contributed by atoms with Crippen molar-refractivity contribution in [2.24, 2.45) is 0 Å². The highest BCUT2D eigenvalue weighted by molar-refractivity contribution is 6.31. The zero-order chi connectivity index (χ0) is 16.0. The highest BCUT2D eigenvalue weighted by atomic mass is 35.5. The van der Waals surface area contributed by atoms with Gasteiger partial charge < -0.3 is 4.90 Å².